The van der Waals surface area contributed by atoms with Gasteiger partial charge < -0.3 is 31.3 Å². The predicted octanol–water partition coefficient (Wildman–Crippen LogP) is -4.62. The van der Waals surface area contributed by atoms with Crippen LogP contribution in [-0.4, -0.2) is 25.0 Å². The number of hydrogen-bond acceptors (Lipinski definition) is 6. The van der Waals surface area contributed by atoms with Crippen LogP contribution in [0.3, 0.4) is 0 Å². The molecule has 0 aromatic heterocycles. The molecule has 0 aliphatic carbocycles. The Kier molecular flexibility index (Phi) is 33.1. The molecule has 6 nitrogen and oxygen atoms in total. The number of nitrogens with two attached hydrogens (primary N) is 2. The van der Waals surface area contributed by atoms with E-state index in [1.165, 1.54) is 0 Å². The molecule has 0 saturated heterocycles. The summed E-state index contributed by atoms with van der Waals surface area (Å²) >= 11 is 0. The molecule has 0 atom stereocenters. The molecule has 0 unspecified atom stereocenters. The number of carboxylic acids is 2. The van der Waals surface area contributed by atoms with Gasteiger partial charge in [-0.1, -0.05) is 0 Å². The van der Waals surface area contributed by atoms with E-state index in [4.69, 9.17) is 31.3 Å². The van der Waals surface area contributed by atoms with Gasteiger partial charge in [-0.3, -0.25) is 0 Å². The molecule has 0 saturated carbocycles. The van der Waals surface area contributed by atoms with E-state index in [1.54, 1.807) is 0 Å². The van der Waals surface area contributed by atoms with Crippen LogP contribution in [0.4, 0.5) is 0 Å². The van der Waals surface area contributed by atoms with Crippen molar-refractivity contribution in [2.75, 3.05) is 13.1 Å². The van der Waals surface area contributed by atoms with Gasteiger partial charge in [0.1, 0.15) is 0 Å². The third-order valence-corrected chi connectivity index (χ3v) is 0.333. The third-order valence-electron chi connectivity index (χ3n) is 0.333. The van der Waals surface area contributed by atoms with E-state index >= 15 is 0 Å². The molecule has 0 amide bonds. The first-order valence-corrected chi connectivity index (χ1v) is 2.38. The molecule has 0 aromatic rings. The second kappa shape index (κ2) is 17.4. The van der Waals surface area contributed by atoms with Crippen molar-refractivity contribution in [1.29, 1.82) is 0 Å². The number of rotatable bonds is 1. The van der Waals surface area contributed by atoms with Crippen LogP contribution in [0.25, 0.3) is 0 Å². The summed E-state index contributed by atoms with van der Waals surface area (Å²) in [6, 6.07) is 0. The number of carbonyl (C=O) groups excluding carboxylic acids is 2. The van der Waals surface area contributed by atoms with Gasteiger partial charge in [0.2, 0.25) is 0 Å². The minimum absolute atomic E-state index is 0. The Bertz CT molecular complexity index is 108. The zero-order valence-electron chi connectivity index (χ0n) is 5.80. The van der Waals surface area contributed by atoms with Crippen molar-refractivity contribution in [2.24, 2.45) is 11.5 Å². The van der Waals surface area contributed by atoms with Crippen LogP contribution in [-0.2, 0) is 54.3 Å². The first-order chi connectivity index (χ1) is 4.56. The van der Waals surface area contributed by atoms with E-state index in [0.717, 1.165) is 0 Å². The topological polar surface area (TPSA) is 132 Å². The molecule has 0 heterocycles. The smallest absolute Gasteiger partial charge is 0.543 e. The molecule has 80 valence electrons. The summed E-state index contributed by atoms with van der Waals surface area (Å²) in [7, 11) is 0. The van der Waals surface area contributed by atoms with Crippen molar-refractivity contribution in [1.82, 2.24) is 0 Å². The van der Waals surface area contributed by atoms with Crippen LogP contribution in [0, 0.1) is 0 Å². The Hall–Kier alpha value is 0.341. The minimum atomic E-state index is -2.19. The molecule has 0 spiro atoms. The Morgan fingerprint density at radius 2 is 1.08 bits per heavy atom. The fourth-order valence-electron chi connectivity index (χ4n) is 0. The zero-order chi connectivity index (χ0) is 8.57. The van der Waals surface area contributed by atoms with Crippen LogP contribution in [0.15, 0.2) is 0 Å². The molecule has 0 aromatic carbocycles. The number of carbonyl (C=O) groups is 2. The third kappa shape index (κ3) is 31.6. The van der Waals surface area contributed by atoms with Gasteiger partial charge in [0.05, 0.1) is 11.9 Å². The van der Waals surface area contributed by atoms with Crippen LogP contribution in [0.2, 0.25) is 0 Å². The molecule has 12 heavy (non-hydrogen) atoms. The Balaban J connectivity index is -0.0000000483. The molecule has 0 aliphatic rings. The fraction of sp³-hybridized carbons (Fsp3) is 0.500. The summed E-state index contributed by atoms with van der Waals surface area (Å²) in [5, 5.41) is 17.9. The summed E-state index contributed by atoms with van der Waals surface area (Å²) in [5.74, 6) is -4.37. The van der Waals surface area contributed by atoms with Gasteiger partial charge in [-0.15, -0.1) is 0 Å². The number of carboxylic acid groups (broad SMARTS) is 2. The van der Waals surface area contributed by atoms with Crippen LogP contribution < -0.4 is 21.7 Å². The van der Waals surface area contributed by atoms with Crippen LogP contribution in [0.1, 0.15) is 0 Å². The maximum Gasteiger partial charge on any atom is 1.00 e. The summed E-state index contributed by atoms with van der Waals surface area (Å²) in [6.45, 7) is 1.19. The number of aliphatic carboxylic acids is 2. The summed E-state index contributed by atoms with van der Waals surface area (Å²) < 4.78 is 0. The van der Waals surface area contributed by atoms with Gasteiger partial charge in [-0.05, 0) is 0 Å². The normalized spacial score (nSPS) is 6.17. The maximum atomic E-state index is 8.93. The molecule has 0 radical (unpaired) electrons. The second-order valence-electron chi connectivity index (χ2n) is 1.15. The molecule has 0 fully saturated rings. The SMILES string of the molecule is NCCN.O=C([O-])C(=O)[O-].[Ag+].[Ag+]. The maximum absolute atomic E-state index is 8.93. The molecule has 0 aliphatic heterocycles. The predicted molar refractivity (Wildman–Crippen MR) is 28.1 cm³/mol. The van der Waals surface area contributed by atoms with Gasteiger partial charge >= 0.3 is 44.8 Å². The summed E-state index contributed by atoms with van der Waals surface area (Å²) in [4.78, 5) is 17.9. The first-order valence-electron chi connectivity index (χ1n) is 2.38. The zero-order valence-corrected chi connectivity index (χ0v) is 8.77. The number of hydrogen-bond donors (Lipinski definition) is 2. The Labute approximate surface area is 101 Å². The van der Waals surface area contributed by atoms with Crippen molar-refractivity contribution < 1.29 is 64.6 Å². The van der Waals surface area contributed by atoms with E-state index in [2.05, 4.69) is 0 Å². The average molecular weight is 364 g/mol. The van der Waals surface area contributed by atoms with Crippen molar-refractivity contribution in [3.8, 4) is 0 Å². The second-order valence-corrected chi connectivity index (χ2v) is 1.15. The van der Waals surface area contributed by atoms with Crippen molar-refractivity contribution in [3.05, 3.63) is 0 Å². The van der Waals surface area contributed by atoms with Gasteiger partial charge in [-0.2, -0.15) is 0 Å². The molecular formula is C4H8Ag2N2O4. The van der Waals surface area contributed by atoms with Gasteiger partial charge in [0.25, 0.3) is 0 Å². The average Bonchev–Trinajstić information content (AvgIpc) is 1.89. The van der Waals surface area contributed by atoms with E-state index in [1.807, 2.05) is 0 Å². The first kappa shape index (κ1) is 22.8. The Morgan fingerprint density at radius 1 is 0.917 bits per heavy atom. The van der Waals surface area contributed by atoms with Crippen LogP contribution in [0.5, 0.6) is 0 Å². The van der Waals surface area contributed by atoms with E-state index in [-0.39, 0.29) is 44.8 Å². The van der Waals surface area contributed by atoms with Gasteiger partial charge in [0, 0.05) is 13.1 Å². The van der Waals surface area contributed by atoms with Crippen molar-refractivity contribution >= 4 is 11.9 Å². The molecule has 4 N–H and O–H groups in total. The minimum Gasteiger partial charge on any atom is -0.543 e. The van der Waals surface area contributed by atoms with Gasteiger partial charge in [0.15, 0.2) is 0 Å². The summed E-state index contributed by atoms with van der Waals surface area (Å²) in [5.41, 5.74) is 9.81. The largest absolute Gasteiger partial charge is 1.00 e. The van der Waals surface area contributed by atoms with Crippen molar-refractivity contribution in [3.63, 3.8) is 0 Å². The standard InChI is InChI=1S/C2H8N2.C2H2O4.2Ag/c3-1-2-4;3-1(4)2(5)6;;/h1-4H2;(H,3,4)(H,5,6);;/q;;2*+1/p-2. The molecule has 0 rings (SSSR count). The van der Waals surface area contributed by atoms with Crippen molar-refractivity contribution in [2.45, 2.75) is 0 Å². The van der Waals surface area contributed by atoms with Gasteiger partial charge in [-0.25, -0.2) is 0 Å². The molecule has 0 bridgehead atoms. The van der Waals surface area contributed by atoms with E-state index in [9.17, 15) is 0 Å². The van der Waals surface area contributed by atoms with E-state index in [0.29, 0.717) is 13.1 Å². The Morgan fingerprint density at radius 3 is 1.08 bits per heavy atom. The fourth-order valence-corrected chi connectivity index (χ4v) is 0. The van der Waals surface area contributed by atoms with E-state index < -0.39 is 11.9 Å². The monoisotopic (exact) mass is 362 g/mol. The van der Waals surface area contributed by atoms with Crippen LogP contribution >= 0.6 is 0 Å². The summed E-state index contributed by atoms with van der Waals surface area (Å²) in [6.07, 6.45) is 0. The molecule has 8 heteroatoms. The quantitative estimate of drug-likeness (QED) is 0.356. The molecular weight excluding hydrogens is 356 g/mol.